The van der Waals surface area contributed by atoms with E-state index in [0.29, 0.717) is 27.8 Å². The maximum absolute atomic E-state index is 11.8. The molecule has 25 heavy (non-hydrogen) atoms. The summed E-state index contributed by atoms with van der Waals surface area (Å²) < 4.78 is 10.4. The number of hydrazone groups is 1. The van der Waals surface area contributed by atoms with Gasteiger partial charge in [0.05, 0.1) is 20.4 Å². The first-order chi connectivity index (χ1) is 12.0. The largest absolute Gasteiger partial charge is 0.493 e. The summed E-state index contributed by atoms with van der Waals surface area (Å²) in [5, 5.41) is 6.72. The fraction of sp³-hybridized carbons (Fsp3) is 0.118. The summed E-state index contributed by atoms with van der Waals surface area (Å²) in [7, 11) is 3.01. The van der Waals surface area contributed by atoms with Crippen molar-refractivity contribution in [2.45, 2.75) is 0 Å². The van der Waals surface area contributed by atoms with Gasteiger partial charge in [0.2, 0.25) is 0 Å². The van der Waals surface area contributed by atoms with Crippen molar-refractivity contribution in [3.8, 4) is 11.5 Å². The zero-order chi connectivity index (χ0) is 18.2. The van der Waals surface area contributed by atoms with E-state index < -0.39 is 11.8 Å². The maximum atomic E-state index is 11.8. The lowest BCUT2D eigenvalue weighted by molar-refractivity contribution is -0.136. The molecule has 8 heteroatoms. The minimum atomic E-state index is -0.909. The molecule has 0 bridgehead atoms. The van der Waals surface area contributed by atoms with Crippen molar-refractivity contribution in [1.82, 2.24) is 5.43 Å². The average molecular weight is 362 g/mol. The second-order valence-electron chi connectivity index (χ2n) is 4.74. The Morgan fingerprint density at radius 1 is 1.04 bits per heavy atom. The van der Waals surface area contributed by atoms with Crippen LogP contribution >= 0.6 is 11.6 Å². The molecule has 0 fully saturated rings. The Morgan fingerprint density at radius 3 is 2.40 bits per heavy atom. The average Bonchev–Trinajstić information content (AvgIpc) is 2.63. The molecular formula is C17H16ClN3O4. The van der Waals surface area contributed by atoms with Gasteiger partial charge < -0.3 is 14.8 Å². The Bertz CT molecular complexity index is 791. The second-order valence-corrected chi connectivity index (χ2v) is 5.18. The lowest BCUT2D eigenvalue weighted by Crippen LogP contribution is -2.32. The van der Waals surface area contributed by atoms with E-state index in [2.05, 4.69) is 15.8 Å². The highest BCUT2D eigenvalue weighted by atomic mass is 35.5. The van der Waals surface area contributed by atoms with Crippen molar-refractivity contribution >= 4 is 35.3 Å². The van der Waals surface area contributed by atoms with E-state index in [1.54, 1.807) is 42.5 Å². The van der Waals surface area contributed by atoms with Gasteiger partial charge in [0, 0.05) is 16.3 Å². The van der Waals surface area contributed by atoms with Crippen molar-refractivity contribution < 1.29 is 19.1 Å². The van der Waals surface area contributed by atoms with Gasteiger partial charge in [-0.1, -0.05) is 17.7 Å². The monoisotopic (exact) mass is 361 g/mol. The number of amides is 2. The number of anilines is 1. The lowest BCUT2D eigenvalue weighted by atomic mass is 10.2. The zero-order valence-electron chi connectivity index (χ0n) is 13.6. The smallest absolute Gasteiger partial charge is 0.329 e. The minimum Gasteiger partial charge on any atom is -0.493 e. The molecular weight excluding hydrogens is 346 g/mol. The molecule has 2 aromatic carbocycles. The molecule has 2 N–H and O–H groups in total. The predicted octanol–water partition coefficient (Wildman–Crippen LogP) is 2.45. The fourth-order valence-electron chi connectivity index (χ4n) is 1.95. The van der Waals surface area contributed by atoms with Crippen LogP contribution in [-0.4, -0.2) is 32.2 Å². The maximum Gasteiger partial charge on any atom is 0.329 e. The summed E-state index contributed by atoms with van der Waals surface area (Å²) >= 11 is 5.75. The number of methoxy groups -OCH3 is 2. The van der Waals surface area contributed by atoms with E-state index >= 15 is 0 Å². The van der Waals surface area contributed by atoms with E-state index in [9.17, 15) is 9.59 Å². The van der Waals surface area contributed by atoms with Crippen LogP contribution in [0.3, 0.4) is 0 Å². The van der Waals surface area contributed by atoms with Gasteiger partial charge in [-0.2, -0.15) is 5.10 Å². The van der Waals surface area contributed by atoms with Gasteiger partial charge in [-0.25, -0.2) is 5.43 Å². The number of nitrogens with zero attached hydrogens (tertiary/aromatic N) is 1. The molecule has 130 valence electrons. The van der Waals surface area contributed by atoms with E-state index in [4.69, 9.17) is 21.1 Å². The first-order valence-corrected chi connectivity index (χ1v) is 7.54. The third-order valence-electron chi connectivity index (χ3n) is 3.11. The predicted molar refractivity (Wildman–Crippen MR) is 95.4 cm³/mol. The van der Waals surface area contributed by atoms with E-state index in [-0.39, 0.29) is 0 Å². The molecule has 0 saturated heterocycles. The van der Waals surface area contributed by atoms with Crippen LogP contribution in [0, 0.1) is 0 Å². The van der Waals surface area contributed by atoms with E-state index in [1.807, 2.05) is 0 Å². The Kier molecular flexibility index (Phi) is 6.36. The molecule has 0 spiro atoms. The topological polar surface area (TPSA) is 89.0 Å². The van der Waals surface area contributed by atoms with E-state index in [0.717, 1.165) is 0 Å². The van der Waals surface area contributed by atoms with Crippen molar-refractivity contribution in [3.63, 3.8) is 0 Å². The fourth-order valence-corrected chi connectivity index (χ4v) is 2.07. The summed E-state index contributed by atoms with van der Waals surface area (Å²) in [5.41, 5.74) is 3.18. The lowest BCUT2D eigenvalue weighted by Gasteiger charge is -2.09. The molecule has 0 aliphatic rings. The quantitative estimate of drug-likeness (QED) is 0.486. The SMILES string of the molecule is COc1cccc(/C=N\NC(=O)C(=O)Nc2ccc(Cl)cc2)c1OC. The molecule has 7 nitrogen and oxygen atoms in total. The number of halogens is 1. The number of rotatable bonds is 5. The summed E-state index contributed by atoms with van der Waals surface area (Å²) in [5.74, 6) is -0.767. The first kappa shape index (κ1) is 18.3. The number of hydrogen-bond acceptors (Lipinski definition) is 5. The van der Waals surface area contributed by atoms with Crippen molar-refractivity contribution in [3.05, 3.63) is 53.1 Å². The molecule has 2 rings (SSSR count). The number of carbonyl (C=O) groups is 2. The van der Waals surface area contributed by atoms with Crippen LogP contribution in [0.4, 0.5) is 5.69 Å². The van der Waals surface area contributed by atoms with E-state index in [1.165, 1.54) is 20.4 Å². The third-order valence-corrected chi connectivity index (χ3v) is 3.36. The van der Waals surface area contributed by atoms with Crippen LogP contribution in [0.15, 0.2) is 47.6 Å². The first-order valence-electron chi connectivity index (χ1n) is 7.16. The summed E-state index contributed by atoms with van der Waals surface area (Å²) in [6, 6.07) is 11.6. The van der Waals surface area contributed by atoms with Crippen LogP contribution in [0.25, 0.3) is 0 Å². The summed E-state index contributed by atoms with van der Waals surface area (Å²) in [6.45, 7) is 0. The number of ether oxygens (including phenoxy) is 2. The molecule has 0 aliphatic carbocycles. The molecule has 0 atom stereocenters. The standard InChI is InChI=1S/C17H16ClN3O4/c1-24-14-5-3-4-11(15(14)25-2)10-19-21-17(23)16(22)20-13-8-6-12(18)7-9-13/h3-10H,1-2H3,(H,20,22)(H,21,23)/b19-10-. The van der Waals surface area contributed by atoms with Crippen molar-refractivity contribution in [2.75, 3.05) is 19.5 Å². The number of nitrogens with one attached hydrogen (secondary N) is 2. The molecule has 0 radical (unpaired) electrons. The van der Waals surface area contributed by atoms with Crippen LogP contribution in [-0.2, 0) is 9.59 Å². The molecule has 0 saturated carbocycles. The molecule has 0 heterocycles. The van der Waals surface area contributed by atoms with Crippen LogP contribution in [0.1, 0.15) is 5.56 Å². The number of benzene rings is 2. The van der Waals surface area contributed by atoms with Gasteiger partial charge in [0.1, 0.15) is 0 Å². The number of hydrogen-bond donors (Lipinski definition) is 2. The van der Waals surface area contributed by atoms with Crippen molar-refractivity contribution in [2.24, 2.45) is 5.10 Å². The Balaban J connectivity index is 1.98. The zero-order valence-corrected chi connectivity index (χ0v) is 14.3. The van der Waals surface area contributed by atoms with Gasteiger partial charge in [-0.3, -0.25) is 9.59 Å². The van der Waals surface area contributed by atoms with Gasteiger partial charge in [0.25, 0.3) is 0 Å². The van der Waals surface area contributed by atoms with Gasteiger partial charge >= 0.3 is 11.8 Å². The molecule has 0 unspecified atom stereocenters. The third kappa shape index (κ3) is 4.95. The number of carbonyl (C=O) groups excluding carboxylic acids is 2. The Hall–Kier alpha value is -3.06. The molecule has 2 aromatic rings. The summed E-state index contributed by atoms with van der Waals surface area (Å²) in [6.07, 6.45) is 1.36. The highest BCUT2D eigenvalue weighted by molar-refractivity contribution is 6.39. The van der Waals surface area contributed by atoms with Gasteiger partial charge in [-0.15, -0.1) is 0 Å². The highest BCUT2D eigenvalue weighted by Crippen LogP contribution is 2.29. The van der Waals surface area contributed by atoms with Crippen LogP contribution in [0.2, 0.25) is 5.02 Å². The normalized spacial score (nSPS) is 10.4. The van der Waals surface area contributed by atoms with Gasteiger partial charge in [-0.05, 0) is 36.4 Å². The second kappa shape index (κ2) is 8.70. The Morgan fingerprint density at radius 2 is 1.76 bits per heavy atom. The molecule has 2 amide bonds. The molecule has 0 aromatic heterocycles. The van der Waals surface area contributed by atoms with Crippen LogP contribution < -0.4 is 20.2 Å². The van der Waals surface area contributed by atoms with Gasteiger partial charge in [0.15, 0.2) is 11.5 Å². The van der Waals surface area contributed by atoms with Crippen molar-refractivity contribution in [1.29, 1.82) is 0 Å². The minimum absolute atomic E-state index is 0.447. The highest BCUT2D eigenvalue weighted by Gasteiger charge is 2.13. The van der Waals surface area contributed by atoms with Crippen LogP contribution in [0.5, 0.6) is 11.5 Å². The Labute approximate surface area is 149 Å². The number of para-hydroxylation sites is 1. The summed E-state index contributed by atoms with van der Waals surface area (Å²) in [4.78, 5) is 23.6. The molecule has 0 aliphatic heterocycles.